The van der Waals surface area contributed by atoms with E-state index in [1.165, 1.54) is 0 Å². The van der Waals surface area contributed by atoms with E-state index in [-0.39, 0.29) is 41.5 Å². The van der Waals surface area contributed by atoms with Crippen LogP contribution in [-0.4, -0.2) is 68.0 Å². The van der Waals surface area contributed by atoms with Gasteiger partial charge in [-0.05, 0) is 34.1 Å². The maximum Gasteiger partial charge on any atom is 0.407 e. The summed E-state index contributed by atoms with van der Waals surface area (Å²) in [4.78, 5) is 18.9. The second-order valence-corrected chi connectivity index (χ2v) is 8.05. The van der Waals surface area contributed by atoms with Crippen LogP contribution in [0.3, 0.4) is 0 Å². The second kappa shape index (κ2) is 9.25. The van der Waals surface area contributed by atoms with E-state index in [0.29, 0.717) is 0 Å². The molecule has 2 N–H and O–H groups in total. The minimum Gasteiger partial charge on any atom is -0.444 e. The lowest BCUT2D eigenvalue weighted by molar-refractivity contribution is -0.0945. The standard InChI is InChI=1S/C17H32N4O3.HI/c1-6-18-14(19-10-17(5)11-23-12-17)21-8-7-13(9-21)20-15(22)24-16(2,3)4;/h13H,6-12H2,1-5H3,(H,18,19)(H,20,22);1H. The Morgan fingerprint density at radius 3 is 2.60 bits per heavy atom. The molecular formula is C17H33IN4O3. The number of aliphatic imine (C=N–C) groups is 1. The van der Waals surface area contributed by atoms with Gasteiger partial charge in [0, 0.05) is 25.0 Å². The first-order valence-electron chi connectivity index (χ1n) is 8.81. The minimum absolute atomic E-state index is 0. The molecule has 2 aliphatic rings. The van der Waals surface area contributed by atoms with Crippen LogP contribution in [0.5, 0.6) is 0 Å². The predicted octanol–water partition coefficient (Wildman–Crippen LogP) is 2.21. The molecule has 8 heteroatoms. The van der Waals surface area contributed by atoms with Gasteiger partial charge in [0.1, 0.15) is 5.60 Å². The summed E-state index contributed by atoms with van der Waals surface area (Å²) in [6.45, 7) is 14.6. The lowest BCUT2D eigenvalue weighted by Crippen LogP contribution is -2.46. The zero-order valence-corrected chi connectivity index (χ0v) is 18.4. The van der Waals surface area contributed by atoms with Crippen molar-refractivity contribution in [2.45, 2.75) is 52.7 Å². The highest BCUT2D eigenvalue weighted by Crippen LogP contribution is 2.26. The number of guanidine groups is 1. The van der Waals surface area contributed by atoms with Gasteiger partial charge in [0.2, 0.25) is 0 Å². The van der Waals surface area contributed by atoms with Crippen molar-refractivity contribution >= 4 is 36.0 Å². The predicted molar refractivity (Wildman–Crippen MR) is 110 cm³/mol. The van der Waals surface area contributed by atoms with Gasteiger partial charge in [-0.15, -0.1) is 24.0 Å². The molecule has 7 nitrogen and oxygen atoms in total. The third-order valence-electron chi connectivity index (χ3n) is 4.06. The fourth-order valence-corrected chi connectivity index (χ4v) is 2.78. The van der Waals surface area contributed by atoms with Gasteiger partial charge in [0.15, 0.2) is 5.96 Å². The maximum atomic E-state index is 11.9. The first-order chi connectivity index (χ1) is 11.2. The largest absolute Gasteiger partial charge is 0.444 e. The van der Waals surface area contributed by atoms with Gasteiger partial charge in [-0.3, -0.25) is 4.99 Å². The van der Waals surface area contributed by atoms with E-state index in [9.17, 15) is 4.79 Å². The third kappa shape index (κ3) is 7.16. The van der Waals surface area contributed by atoms with Crippen molar-refractivity contribution in [3.63, 3.8) is 0 Å². The van der Waals surface area contributed by atoms with E-state index in [1.807, 2.05) is 20.8 Å². The van der Waals surface area contributed by atoms with Crippen LogP contribution in [0.25, 0.3) is 0 Å². The van der Waals surface area contributed by atoms with E-state index < -0.39 is 5.60 Å². The van der Waals surface area contributed by atoms with Crippen molar-refractivity contribution in [2.24, 2.45) is 10.4 Å². The normalized spacial score (nSPS) is 22.7. The number of likely N-dealkylation sites (tertiary alicyclic amines) is 1. The number of hydrogen-bond donors (Lipinski definition) is 2. The molecule has 146 valence electrons. The monoisotopic (exact) mass is 468 g/mol. The molecule has 0 aromatic rings. The number of rotatable bonds is 4. The highest BCUT2D eigenvalue weighted by atomic mass is 127. The van der Waals surface area contributed by atoms with Gasteiger partial charge in [-0.25, -0.2) is 4.79 Å². The lowest BCUT2D eigenvalue weighted by Gasteiger charge is -2.37. The number of hydrogen-bond acceptors (Lipinski definition) is 4. The van der Waals surface area contributed by atoms with Crippen LogP contribution in [0.15, 0.2) is 4.99 Å². The zero-order chi connectivity index (χ0) is 17.8. The first kappa shape index (κ1) is 22.3. The molecule has 25 heavy (non-hydrogen) atoms. The molecule has 2 rings (SSSR count). The van der Waals surface area contributed by atoms with Crippen molar-refractivity contribution < 1.29 is 14.3 Å². The van der Waals surface area contributed by atoms with Crippen LogP contribution in [-0.2, 0) is 9.47 Å². The summed E-state index contributed by atoms with van der Waals surface area (Å²) in [7, 11) is 0. The van der Waals surface area contributed by atoms with Gasteiger partial charge < -0.3 is 25.0 Å². The van der Waals surface area contributed by atoms with Gasteiger partial charge >= 0.3 is 6.09 Å². The minimum atomic E-state index is -0.473. The molecule has 0 radical (unpaired) electrons. The van der Waals surface area contributed by atoms with E-state index in [0.717, 1.165) is 51.8 Å². The topological polar surface area (TPSA) is 75.2 Å². The fourth-order valence-electron chi connectivity index (χ4n) is 2.78. The number of halogens is 1. The zero-order valence-electron chi connectivity index (χ0n) is 16.1. The summed E-state index contributed by atoms with van der Waals surface area (Å²) in [5.41, 5.74) is -0.312. The smallest absolute Gasteiger partial charge is 0.407 e. The van der Waals surface area contributed by atoms with Gasteiger partial charge in [-0.1, -0.05) is 6.92 Å². The summed E-state index contributed by atoms with van der Waals surface area (Å²) in [6, 6.07) is 0.0892. The summed E-state index contributed by atoms with van der Waals surface area (Å²) in [6.07, 6.45) is 0.541. The van der Waals surface area contributed by atoms with Gasteiger partial charge in [-0.2, -0.15) is 0 Å². The molecule has 2 heterocycles. The number of carbonyl (C=O) groups is 1. The molecule has 2 aliphatic heterocycles. The SMILES string of the molecule is CCNC(=NCC1(C)COC1)N1CCC(NC(=O)OC(C)(C)C)C1.I. The molecule has 1 amide bonds. The molecule has 0 aromatic heterocycles. The summed E-state index contributed by atoms with van der Waals surface area (Å²) < 4.78 is 10.6. The Labute approximate surface area is 168 Å². The van der Waals surface area contributed by atoms with E-state index in [2.05, 4.69) is 29.4 Å². The molecule has 1 unspecified atom stereocenters. The number of alkyl carbamates (subject to hydrolysis) is 1. The molecule has 0 bridgehead atoms. The summed E-state index contributed by atoms with van der Waals surface area (Å²) >= 11 is 0. The van der Waals surface area contributed by atoms with E-state index in [1.54, 1.807) is 0 Å². The fraction of sp³-hybridized carbons (Fsp3) is 0.882. The van der Waals surface area contributed by atoms with Crippen molar-refractivity contribution in [2.75, 3.05) is 39.4 Å². The molecule has 2 fully saturated rings. The average molecular weight is 468 g/mol. The highest BCUT2D eigenvalue weighted by molar-refractivity contribution is 14.0. The van der Waals surface area contributed by atoms with Gasteiger partial charge in [0.05, 0.1) is 25.8 Å². The molecule has 2 saturated heterocycles. The van der Waals surface area contributed by atoms with Crippen LogP contribution in [0, 0.1) is 5.41 Å². The number of nitrogens with one attached hydrogen (secondary N) is 2. The average Bonchev–Trinajstić information content (AvgIpc) is 2.87. The van der Waals surface area contributed by atoms with Crippen molar-refractivity contribution in [3.8, 4) is 0 Å². The molecule has 0 spiro atoms. The van der Waals surface area contributed by atoms with E-state index >= 15 is 0 Å². The number of carbonyl (C=O) groups excluding carboxylic acids is 1. The first-order valence-corrected chi connectivity index (χ1v) is 8.81. The lowest BCUT2D eigenvalue weighted by atomic mass is 9.89. The van der Waals surface area contributed by atoms with Crippen LogP contribution in [0.2, 0.25) is 0 Å². The van der Waals surface area contributed by atoms with Crippen molar-refractivity contribution in [3.05, 3.63) is 0 Å². The molecular weight excluding hydrogens is 435 g/mol. The van der Waals surface area contributed by atoms with Crippen molar-refractivity contribution in [1.29, 1.82) is 0 Å². The summed E-state index contributed by atoms with van der Waals surface area (Å²) in [5.74, 6) is 0.916. The third-order valence-corrected chi connectivity index (χ3v) is 4.06. The van der Waals surface area contributed by atoms with Crippen molar-refractivity contribution in [1.82, 2.24) is 15.5 Å². The van der Waals surface area contributed by atoms with Crippen LogP contribution < -0.4 is 10.6 Å². The molecule has 0 saturated carbocycles. The Morgan fingerprint density at radius 1 is 1.40 bits per heavy atom. The van der Waals surface area contributed by atoms with Gasteiger partial charge in [0.25, 0.3) is 0 Å². The summed E-state index contributed by atoms with van der Waals surface area (Å²) in [5, 5.41) is 6.30. The Kier molecular flexibility index (Phi) is 8.24. The number of nitrogens with zero attached hydrogens (tertiary/aromatic N) is 2. The van der Waals surface area contributed by atoms with Crippen LogP contribution >= 0.6 is 24.0 Å². The van der Waals surface area contributed by atoms with E-state index in [4.69, 9.17) is 14.5 Å². The molecule has 0 aliphatic carbocycles. The molecule has 1 atom stereocenters. The Morgan fingerprint density at radius 2 is 2.08 bits per heavy atom. The highest BCUT2D eigenvalue weighted by Gasteiger charge is 2.34. The second-order valence-electron chi connectivity index (χ2n) is 8.05. The Hall–Kier alpha value is -0.770. The quantitative estimate of drug-likeness (QED) is 0.376. The number of amides is 1. The Balaban J connectivity index is 0.00000312. The number of ether oxygens (including phenoxy) is 2. The molecule has 0 aromatic carbocycles. The van der Waals surface area contributed by atoms with Crippen LogP contribution in [0.1, 0.15) is 41.0 Å². The van der Waals surface area contributed by atoms with Crippen LogP contribution in [0.4, 0.5) is 4.79 Å². The Bertz CT molecular complexity index is 475. The maximum absolute atomic E-state index is 11.9.